The van der Waals surface area contributed by atoms with E-state index in [0.717, 1.165) is 33.0 Å². The number of aromatic nitrogens is 1. The second-order valence-corrected chi connectivity index (χ2v) is 7.30. The normalized spacial score (nSPS) is 10.8. The van der Waals surface area contributed by atoms with Crippen LogP contribution in [0.4, 0.5) is 0 Å². The van der Waals surface area contributed by atoms with E-state index >= 15 is 0 Å². The van der Waals surface area contributed by atoms with Crippen LogP contribution in [0, 0.1) is 13.8 Å². The summed E-state index contributed by atoms with van der Waals surface area (Å²) in [5.74, 6) is 0. The molecule has 0 radical (unpaired) electrons. The Morgan fingerprint density at radius 1 is 0.593 bits per heavy atom. The molecule has 0 atom stereocenters. The van der Waals surface area contributed by atoms with E-state index in [1.807, 2.05) is 30.5 Å². The minimum Gasteiger partial charge on any atom is -0.255 e. The van der Waals surface area contributed by atoms with Crippen LogP contribution < -0.4 is 0 Å². The van der Waals surface area contributed by atoms with Crippen molar-refractivity contribution in [3.8, 4) is 33.5 Å². The van der Waals surface area contributed by atoms with Crippen LogP contribution in [0.5, 0.6) is 0 Å². The Kier molecular flexibility index (Phi) is 4.79. The van der Waals surface area contributed by atoms with Crippen LogP contribution in [0.15, 0.2) is 85.1 Å². The maximum absolute atomic E-state index is 6.07. The maximum atomic E-state index is 6.07. The van der Waals surface area contributed by atoms with Crippen molar-refractivity contribution >= 4 is 11.6 Å². The first-order valence-corrected chi connectivity index (χ1v) is 9.38. The number of halogens is 1. The van der Waals surface area contributed by atoms with Gasteiger partial charge in [0, 0.05) is 27.9 Å². The molecule has 0 aliphatic rings. The fraction of sp³-hybridized carbons (Fsp3) is 0.0800. The summed E-state index contributed by atoms with van der Waals surface area (Å²) in [5, 5.41) is 0.729. The molecule has 0 amide bonds. The molecule has 4 rings (SSSR count). The molecule has 0 aliphatic carbocycles. The van der Waals surface area contributed by atoms with Crippen LogP contribution in [0.2, 0.25) is 5.02 Å². The van der Waals surface area contributed by atoms with E-state index < -0.39 is 0 Å². The van der Waals surface area contributed by atoms with Gasteiger partial charge in [0.25, 0.3) is 0 Å². The minimum absolute atomic E-state index is 0.729. The summed E-state index contributed by atoms with van der Waals surface area (Å²) < 4.78 is 0. The molecule has 1 aromatic heterocycles. The van der Waals surface area contributed by atoms with Crippen LogP contribution in [0.3, 0.4) is 0 Å². The number of pyridine rings is 1. The number of benzene rings is 3. The van der Waals surface area contributed by atoms with E-state index in [4.69, 9.17) is 16.6 Å². The van der Waals surface area contributed by atoms with Gasteiger partial charge < -0.3 is 0 Å². The van der Waals surface area contributed by atoms with Gasteiger partial charge in [-0.25, -0.2) is 0 Å². The zero-order valence-electron chi connectivity index (χ0n) is 15.4. The van der Waals surface area contributed by atoms with Crippen molar-refractivity contribution in [3.05, 3.63) is 101 Å². The van der Waals surface area contributed by atoms with Crippen LogP contribution in [-0.4, -0.2) is 4.98 Å². The van der Waals surface area contributed by atoms with Crippen LogP contribution in [0.25, 0.3) is 33.5 Å². The lowest BCUT2D eigenvalue weighted by atomic mass is 9.95. The van der Waals surface area contributed by atoms with Gasteiger partial charge in [0.1, 0.15) is 0 Å². The Labute approximate surface area is 165 Å². The first-order chi connectivity index (χ1) is 13.1. The number of aryl methyl sites for hydroxylation is 2. The van der Waals surface area contributed by atoms with E-state index in [-0.39, 0.29) is 0 Å². The molecule has 3 aromatic carbocycles. The lowest BCUT2D eigenvalue weighted by Gasteiger charge is -2.13. The van der Waals surface area contributed by atoms with E-state index in [9.17, 15) is 0 Å². The Balaban J connectivity index is 1.89. The van der Waals surface area contributed by atoms with Gasteiger partial charge in [0.2, 0.25) is 0 Å². The summed E-state index contributed by atoms with van der Waals surface area (Å²) in [6, 6.07) is 27.2. The lowest BCUT2D eigenvalue weighted by molar-refractivity contribution is 1.32. The van der Waals surface area contributed by atoms with Crippen molar-refractivity contribution in [1.29, 1.82) is 0 Å². The summed E-state index contributed by atoms with van der Waals surface area (Å²) in [4.78, 5) is 4.83. The van der Waals surface area contributed by atoms with Crippen molar-refractivity contribution in [2.45, 2.75) is 13.8 Å². The van der Waals surface area contributed by atoms with Gasteiger partial charge in [0.05, 0.1) is 5.69 Å². The Hall–Kier alpha value is -2.90. The second kappa shape index (κ2) is 7.38. The number of rotatable bonds is 3. The van der Waals surface area contributed by atoms with Gasteiger partial charge in [-0.3, -0.25) is 4.98 Å². The third kappa shape index (κ3) is 3.79. The molecule has 2 heteroatoms. The smallest absolute Gasteiger partial charge is 0.0780 e. The molecule has 0 unspecified atom stereocenters. The molecular weight excluding hydrogens is 350 g/mol. The van der Waals surface area contributed by atoms with Gasteiger partial charge in [-0.1, -0.05) is 83.4 Å². The van der Waals surface area contributed by atoms with Gasteiger partial charge in [0.15, 0.2) is 0 Å². The summed E-state index contributed by atoms with van der Waals surface area (Å²) in [6.07, 6.45) is 1.95. The largest absolute Gasteiger partial charge is 0.255 e. The average Bonchev–Trinajstić information content (AvgIpc) is 2.69. The third-order valence-electron chi connectivity index (χ3n) is 4.75. The highest BCUT2D eigenvalue weighted by atomic mass is 35.5. The van der Waals surface area contributed by atoms with Crippen LogP contribution >= 0.6 is 11.6 Å². The molecule has 0 spiro atoms. The zero-order chi connectivity index (χ0) is 18.8. The Morgan fingerprint density at radius 2 is 1.11 bits per heavy atom. The van der Waals surface area contributed by atoms with E-state index in [2.05, 4.69) is 68.4 Å². The minimum atomic E-state index is 0.729. The van der Waals surface area contributed by atoms with Crippen molar-refractivity contribution in [1.82, 2.24) is 4.98 Å². The molecule has 1 nitrogen and oxygen atoms in total. The highest BCUT2D eigenvalue weighted by Gasteiger charge is 2.11. The third-order valence-corrected chi connectivity index (χ3v) is 5.00. The molecule has 0 fully saturated rings. The number of nitrogens with zero attached hydrogens (tertiary/aromatic N) is 1. The topological polar surface area (TPSA) is 12.9 Å². The van der Waals surface area contributed by atoms with Gasteiger partial charge >= 0.3 is 0 Å². The average molecular weight is 370 g/mol. The zero-order valence-corrected chi connectivity index (χ0v) is 16.2. The molecule has 0 saturated heterocycles. The van der Waals surface area contributed by atoms with Crippen molar-refractivity contribution < 1.29 is 0 Å². The summed E-state index contributed by atoms with van der Waals surface area (Å²) in [6.45, 7) is 4.20. The summed E-state index contributed by atoms with van der Waals surface area (Å²) in [7, 11) is 0. The molecule has 0 saturated carbocycles. The SMILES string of the molecule is Cc1ccc(-c2cnc(-c3ccc(Cl)cc3)c(-c3ccc(C)cc3)c2)cc1. The fourth-order valence-corrected chi connectivity index (χ4v) is 3.29. The van der Waals surface area contributed by atoms with Gasteiger partial charge in [-0.05, 0) is 43.2 Å². The van der Waals surface area contributed by atoms with Crippen LogP contribution in [0.1, 0.15) is 11.1 Å². The van der Waals surface area contributed by atoms with Crippen molar-refractivity contribution in [2.75, 3.05) is 0 Å². The van der Waals surface area contributed by atoms with Crippen molar-refractivity contribution in [2.24, 2.45) is 0 Å². The Bertz CT molecular complexity index is 1060. The fourth-order valence-electron chi connectivity index (χ4n) is 3.16. The van der Waals surface area contributed by atoms with Crippen LogP contribution in [-0.2, 0) is 0 Å². The van der Waals surface area contributed by atoms with Gasteiger partial charge in [-0.15, -0.1) is 0 Å². The first-order valence-electron chi connectivity index (χ1n) is 9.00. The molecule has 0 N–H and O–H groups in total. The standard InChI is InChI=1S/C25H20ClN/c1-17-3-7-19(8-4-17)22-15-24(20-9-5-18(2)6-10-20)25(27-16-22)21-11-13-23(26)14-12-21/h3-16H,1-2H3. The molecule has 0 bridgehead atoms. The van der Waals surface area contributed by atoms with E-state index in [0.29, 0.717) is 0 Å². The quantitative estimate of drug-likeness (QED) is 0.367. The lowest BCUT2D eigenvalue weighted by Crippen LogP contribution is -1.92. The Morgan fingerprint density at radius 3 is 1.70 bits per heavy atom. The molecule has 1 heterocycles. The van der Waals surface area contributed by atoms with E-state index in [1.165, 1.54) is 16.7 Å². The highest BCUT2D eigenvalue weighted by Crippen LogP contribution is 2.34. The molecule has 4 aromatic rings. The van der Waals surface area contributed by atoms with Crippen molar-refractivity contribution in [3.63, 3.8) is 0 Å². The molecule has 0 aliphatic heterocycles. The van der Waals surface area contributed by atoms with E-state index in [1.54, 1.807) is 0 Å². The monoisotopic (exact) mass is 369 g/mol. The predicted octanol–water partition coefficient (Wildman–Crippen LogP) is 7.35. The molecular formula is C25H20ClN. The second-order valence-electron chi connectivity index (χ2n) is 6.86. The number of hydrogen-bond acceptors (Lipinski definition) is 1. The highest BCUT2D eigenvalue weighted by molar-refractivity contribution is 6.30. The van der Waals surface area contributed by atoms with Gasteiger partial charge in [-0.2, -0.15) is 0 Å². The summed E-state index contributed by atoms with van der Waals surface area (Å²) >= 11 is 6.07. The molecule has 132 valence electrons. The predicted molar refractivity (Wildman–Crippen MR) is 115 cm³/mol. The number of hydrogen-bond donors (Lipinski definition) is 0. The maximum Gasteiger partial charge on any atom is 0.0780 e. The summed E-state index contributed by atoms with van der Waals surface area (Å²) in [5.41, 5.74) is 9.09. The molecule has 27 heavy (non-hydrogen) atoms. The first kappa shape index (κ1) is 17.5.